The van der Waals surface area contributed by atoms with Gasteiger partial charge < -0.3 is 13.8 Å². The molecular formula is C26H25F2N5S. The third-order valence-electron chi connectivity index (χ3n) is 7.20. The molecule has 1 saturated heterocycles. The van der Waals surface area contributed by atoms with Crippen molar-refractivity contribution in [1.29, 1.82) is 0 Å². The molecule has 0 amide bonds. The standard InChI is InChI=1S/C26H25F2N5S/c1-17-7-8-26(18-5-3-2-4-6-18)34-33(17)14-19-10-23(28)25(12-22(19)27)32-13-20-9-21(32)11-24(20)31-15-29-30-16-31/h2-8,10,12,15-16,20-21,24H,9,11,13-14H2,1H3/t20?,21?,24-/m1/s1. The van der Waals surface area contributed by atoms with Gasteiger partial charge in [-0.1, -0.05) is 30.3 Å². The van der Waals surface area contributed by atoms with E-state index < -0.39 is 0 Å². The maximum Gasteiger partial charge on any atom is 0.147 e. The molecule has 2 unspecified atom stereocenters. The lowest BCUT2D eigenvalue weighted by Crippen LogP contribution is -2.36. The molecule has 0 spiro atoms. The minimum Gasteiger partial charge on any atom is -0.366 e. The fourth-order valence-electron chi connectivity index (χ4n) is 5.45. The normalized spacial score (nSPS) is 23.9. The molecule has 1 aromatic heterocycles. The van der Waals surface area contributed by atoms with Crippen LogP contribution in [0.3, 0.4) is 0 Å². The van der Waals surface area contributed by atoms with E-state index in [0.717, 1.165) is 35.6 Å². The molecule has 5 nitrogen and oxygen atoms in total. The molecular weight excluding hydrogens is 452 g/mol. The minimum absolute atomic E-state index is 0.207. The van der Waals surface area contributed by atoms with Gasteiger partial charge in [0.15, 0.2) is 0 Å². The van der Waals surface area contributed by atoms with Gasteiger partial charge in [0.25, 0.3) is 0 Å². The molecule has 3 aromatic rings. The molecule has 1 saturated carbocycles. The first-order valence-corrected chi connectivity index (χ1v) is 12.3. The van der Waals surface area contributed by atoms with E-state index in [9.17, 15) is 0 Å². The number of fused-ring (bicyclic) bond motifs is 2. The van der Waals surface area contributed by atoms with Crippen LogP contribution in [0.2, 0.25) is 0 Å². The van der Waals surface area contributed by atoms with Crippen LogP contribution in [0.5, 0.6) is 0 Å². The zero-order chi connectivity index (χ0) is 23.2. The van der Waals surface area contributed by atoms with Crippen LogP contribution in [0.25, 0.3) is 4.91 Å². The number of nitrogens with zero attached hydrogens (tertiary/aromatic N) is 5. The second-order valence-corrected chi connectivity index (χ2v) is 10.3. The van der Waals surface area contributed by atoms with Gasteiger partial charge in [0.2, 0.25) is 0 Å². The van der Waals surface area contributed by atoms with E-state index >= 15 is 8.78 Å². The summed E-state index contributed by atoms with van der Waals surface area (Å²) in [5, 5.41) is 7.83. The lowest BCUT2D eigenvalue weighted by Gasteiger charge is -2.34. The number of halogens is 2. The molecule has 2 fully saturated rings. The van der Waals surface area contributed by atoms with Crippen molar-refractivity contribution in [2.75, 3.05) is 11.4 Å². The van der Waals surface area contributed by atoms with E-state index in [2.05, 4.69) is 28.4 Å². The summed E-state index contributed by atoms with van der Waals surface area (Å²) in [6.07, 6.45) is 9.47. The number of benzene rings is 2. The van der Waals surface area contributed by atoms with E-state index in [0.29, 0.717) is 29.8 Å². The van der Waals surface area contributed by atoms with Crippen molar-refractivity contribution in [1.82, 2.24) is 19.1 Å². The number of allylic oxidation sites excluding steroid dienone is 3. The molecule has 3 aliphatic rings. The molecule has 0 N–H and O–H groups in total. The van der Waals surface area contributed by atoms with Crippen LogP contribution in [0.15, 0.2) is 73.0 Å². The highest BCUT2D eigenvalue weighted by Gasteiger charge is 2.46. The van der Waals surface area contributed by atoms with E-state index in [4.69, 9.17) is 0 Å². The Kier molecular flexibility index (Phi) is 5.40. The van der Waals surface area contributed by atoms with Crippen molar-refractivity contribution < 1.29 is 8.78 Å². The Labute approximate surface area is 201 Å². The lowest BCUT2D eigenvalue weighted by molar-refractivity contribution is 0.364. The van der Waals surface area contributed by atoms with E-state index in [1.807, 2.05) is 45.0 Å². The summed E-state index contributed by atoms with van der Waals surface area (Å²) in [6, 6.07) is 13.4. The Balaban J connectivity index is 1.18. The van der Waals surface area contributed by atoms with Crippen LogP contribution in [-0.4, -0.2) is 31.7 Å². The fraction of sp³-hybridized carbons (Fsp3) is 0.308. The highest BCUT2D eigenvalue weighted by molar-refractivity contribution is 8.06. The molecule has 6 rings (SSSR count). The molecule has 2 bridgehead atoms. The molecule has 0 radical (unpaired) electrons. The Morgan fingerprint density at radius 2 is 1.79 bits per heavy atom. The number of hydrogen-bond donors (Lipinski definition) is 0. The van der Waals surface area contributed by atoms with Crippen molar-refractivity contribution in [3.63, 3.8) is 0 Å². The number of piperidine rings is 1. The highest BCUT2D eigenvalue weighted by Crippen LogP contribution is 2.47. The van der Waals surface area contributed by atoms with Gasteiger partial charge in [-0.2, -0.15) is 0 Å². The number of hydrogen-bond acceptors (Lipinski definition) is 5. The van der Waals surface area contributed by atoms with Crippen molar-refractivity contribution in [3.05, 3.63) is 95.7 Å². The van der Waals surface area contributed by atoms with Crippen LogP contribution >= 0.6 is 11.9 Å². The summed E-state index contributed by atoms with van der Waals surface area (Å²) in [4.78, 5) is 3.13. The maximum absolute atomic E-state index is 15.3. The monoisotopic (exact) mass is 477 g/mol. The zero-order valence-corrected chi connectivity index (χ0v) is 19.6. The molecule has 1 aliphatic carbocycles. The average molecular weight is 478 g/mol. The van der Waals surface area contributed by atoms with Gasteiger partial charge >= 0.3 is 0 Å². The fourth-order valence-corrected chi connectivity index (χ4v) is 6.47. The Bertz CT molecular complexity index is 1260. The quantitative estimate of drug-likeness (QED) is 0.434. The van der Waals surface area contributed by atoms with Gasteiger partial charge in [-0.15, -0.1) is 10.2 Å². The summed E-state index contributed by atoms with van der Waals surface area (Å²) < 4.78 is 34.6. The molecule has 3 heterocycles. The molecule has 3 atom stereocenters. The van der Waals surface area contributed by atoms with Crippen LogP contribution in [-0.2, 0) is 6.54 Å². The SMILES string of the molecule is CC1=CC=C(c2ccccc2)SN1Cc1cc(F)c(N2CC3CC2C[C@H]3n2cnnc2)cc1F. The van der Waals surface area contributed by atoms with Crippen molar-refractivity contribution in [2.24, 2.45) is 5.92 Å². The van der Waals surface area contributed by atoms with E-state index in [1.54, 1.807) is 24.6 Å². The molecule has 2 aliphatic heterocycles. The lowest BCUT2D eigenvalue weighted by atomic mass is 10.0. The van der Waals surface area contributed by atoms with Gasteiger partial charge in [0.1, 0.15) is 24.3 Å². The summed E-state index contributed by atoms with van der Waals surface area (Å²) in [7, 11) is 0. The van der Waals surface area contributed by atoms with Gasteiger partial charge in [-0.3, -0.25) is 0 Å². The second-order valence-electron chi connectivity index (χ2n) is 9.24. The Hall–Kier alpha value is -3.13. The third kappa shape index (κ3) is 3.79. The Morgan fingerprint density at radius 1 is 1.00 bits per heavy atom. The first-order chi connectivity index (χ1) is 16.6. The maximum atomic E-state index is 15.3. The summed E-state index contributed by atoms with van der Waals surface area (Å²) in [5.74, 6) is -0.324. The van der Waals surface area contributed by atoms with Crippen molar-refractivity contribution >= 4 is 22.5 Å². The van der Waals surface area contributed by atoms with Gasteiger partial charge in [0, 0.05) is 40.9 Å². The average Bonchev–Trinajstić information content (AvgIpc) is 3.60. The topological polar surface area (TPSA) is 37.2 Å². The predicted molar refractivity (Wildman–Crippen MR) is 131 cm³/mol. The van der Waals surface area contributed by atoms with Crippen molar-refractivity contribution in [2.45, 2.75) is 38.4 Å². The summed E-state index contributed by atoms with van der Waals surface area (Å²) in [6.45, 7) is 3.00. The van der Waals surface area contributed by atoms with E-state index in [-0.39, 0.29) is 17.7 Å². The molecule has 174 valence electrons. The van der Waals surface area contributed by atoms with Crippen molar-refractivity contribution in [3.8, 4) is 0 Å². The summed E-state index contributed by atoms with van der Waals surface area (Å²) >= 11 is 1.55. The largest absolute Gasteiger partial charge is 0.366 e. The number of aromatic nitrogens is 3. The summed E-state index contributed by atoms with van der Waals surface area (Å²) in [5.41, 5.74) is 2.85. The van der Waals surface area contributed by atoms with Gasteiger partial charge in [-0.25, -0.2) is 8.78 Å². The third-order valence-corrected chi connectivity index (χ3v) is 8.41. The first kappa shape index (κ1) is 21.4. The minimum atomic E-state index is -0.362. The molecule has 34 heavy (non-hydrogen) atoms. The van der Waals surface area contributed by atoms with Crippen LogP contribution in [0.1, 0.15) is 36.9 Å². The Morgan fingerprint density at radius 3 is 2.53 bits per heavy atom. The highest BCUT2D eigenvalue weighted by atomic mass is 32.2. The smallest absolute Gasteiger partial charge is 0.147 e. The first-order valence-electron chi connectivity index (χ1n) is 11.5. The second kappa shape index (κ2) is 8.58. The molecule has 2 aromatic carbocycles. The van der Waals surface area contributed by atoms with Gasteiger partial charge in [-0.05, 0) is 61.4 Å². The zero-order valence-electron chi connectivity index (χ0n) is 18.8. The van der Waals surface area contributed by atoms with E-state index in [1.165, 1.54) is 12.1 Å². The van der Waals surface area contributed by atoms with Crippen LogP contribution < -0.4 is 4.90 Å². The number of anilines is 1. The van der Waals surface area contributed by atoms with Crippen LogP contribution in [0, 0.1) is 17.6 Å². The number of rotatable bonds is 5. The van der Waals surface area contributed by atoms with Gasteiger partial charge in [0.05, 0.1) is 12.2 Å². The predicted octanol–water partition coefficient (Wildman–Crippen LogP) is 5.80. The molecule has 8 heteroatoms. The van der Waals surface area contributed by atoms with Crippen LogP contribution in [0.4, 0.5) is 14.5 Å².